The summed E-state index contributed by atoms with van der Waals surface area (Å²) in [7, 11) is 3.37. The van der Waals surface area contributed by atoms with Crippen LogP contribution in [0.3, 0.4) is 0 Å². The first kappa shape index (κ1) is 17.5. The number of anilines is 1. The van der Waals surface area contributed by atoms with Gasteiger partial charge >= 0.3 is 0 Å². The molecule has 0 atom stereocenters. The summed E-state index contributed by atoms with van der Waals surface area (Å²) in [5.74, 6) is 0.233. The molecule has 0 unspecified atom stereocenters. The topological polar surface area (TPSA) is 58.6 Å². The molecular weight excluding hydrogens is 328 g/mol. The number of hydrogen-bond acceptors (Lipinski definition) is 3. The van der Waals surface area contributed by atoms with Gasteiger partial charge in [0, 0.05) is 25.3 Å². The first-order chi connectivity index (χ1) is 12.5. The molecule has 0 aliphatic heterocycles. The van der Waals surface area contributed by atoms with Crippen molar-refractivity contribution >= 4 is 28.3 Å². The predicted octanol–water partition coefficient (Wildman–Crippen LogP) is 3.56. The lowest BCUT2D eigenvalue weighted by Gasteiger charge is -2.12. The lowest BCUT2D eigenvalue weighted by molar-refractivity contribution is -0.118. The van der Waals surface area contributed by atoms with E-state index < -0.39 is 0 Å². The van der Waals surface area contributed by atoms with Crippen LogP contribution in [0.4, 0.5) is 5.69 Å². The van der Waals surface area contributed by atoms with Crippen LogP contribution in [0, 0.1) is 0 Å². The molecule has 1 N–H and O–H groups in total. The summed E-state index contributed by atoms with van der Waals surface area (Å²) in [5, 5.41) is 4.92. The maximum absolute atomic E-state index is 12.1. The van der Waals surface area contributed by atoms with Gasteiger partial charge in [-0.2, -0.15) is 0 Å². The number of rotatable bonds is 5. The fraction of sp³-hybridized carbons (Fsp3) is 0.143. The molecule has 0 fully saturated rings. The van der Waals surface area contributed by atoms with E-state index in [4.69, 9.17) is 4.74 Å². The van der Waals surface area contributed by atoms with Crippen molar-refractivity contribution in [3.63, 3.8) is 0 Å². The molecule has 3 rings (SSSR count). The summed E-state index contributed by atoms with van der Waals surface area (Å²) < 4.78 is 5.58. The molecule has 0 bridgehead atoms. The molecule has 0 spiro atoms. The Balaban J connectivity index is 1.61. The molecule has 5 heteroatoms. The highest BCUT2D eigenvalue weighted by molar-refractivity contribution is 5.97. The SMILES string of the molecule is CN(C)C(=O)c1cccc(NC(=O)COc2ccc3ccccc3c2)c1. The first-order valence-electron chi connectivity index (χ1n) is 8.26. The Morgan fingerprint density at radius 2 is 1.69 bits per heavy atom. The summed E-state index contributed by atoms with van der Waals surface area (Å²) in [4.78, 5) is 25.6. The smallest absolute Gasteiger partial charge is 0.262 e. The van der Waals surface area contributed by atoms with Gasteiger partial charge in [-0.05, 0) is 41.1 Å². The first-order valence-corrected chi connectivity index (χ1v) is 8.26. The average molecular weight is 348 g/mol. The standard InChI is InChI=1S/C21H20N2O3/c1-23(2)21(25)17-8-5-9-18(12-17)22-20(24)14-26-19-11-10-15-6-3-4-7-16(15)13-19/h3-13H,14H2,1-2H3,(H,22,24). The van der Waals surface area contributed by atoms with E-state index >= 15 is 0 Å². The highest BCUT2D eigenvalue weighted by atomic mass is 16.5. The van der Waals surface area contributed by atoms with Gasteiger partial charge in [-0.25, -0.2) is 0 Å². The molecule has 0 saturated carbocycles. The summed E-state index contributed by atoms with van der Waals surface area (Å²) >= 11 is 0. The summed E-state index contributed by atoms with van der Waals surface area (Å²) in [6.45, 7) is -0.107. The number of carbonyl (C=O) groups excluding carboxylic acids is 2. The Labute approximate surface area is 152 Å². The highest BCUT2D eigenvalue weighted by Crippen LogP contribution is 2.20. The quantitative estimate of drug-likeness (QED) is 0.767. The van der Waals surface area contributed by atoms with Crippen molar-refractivity contribution in [3.8, 4) is 5.75 Å². The minimum Gasteiger partial charge on any atom is -0.484 e. The van der Waals surface area contributed by atoms with E-state index in [1.807, 2.05) is 42.5 Å². The number of carbonyl (C=O) groups is 2. The van der Waals surface area contributed by atoms with E-state index in [0.29, 0.717) is 17.0 Å². The van der Waals surface area contributed by atoms with Gasteiger partial charge in [-0.1, -0.05) is 36.4 Å². The monoisotopic (exact) mass is 348 g/mol. The molecule has 5 nitrogen and oxygen atoms in total. The van der Waals surface area contributed by atoms with Crippen LogP contribution in [0.25, 0.3) is 10.8 Å². The molecule has 0 radical (unpaired) electrons. The molecule has 3 aromatic rings. The number of hydrogen-bond donors (Lipinski definition) is 1. The molecular formula is C21H20N2O3. The van der Waals surface area contributed by atoms with E-state index in [0.717, 1.165) is 10.8 Å². The van der Waals surface area contributed by atoms with Gasteiger partial charge in [0.15, 0.2) is 6.61 Å². The molecule has 0 saturated heterocycles. The van der Waals surface area contributed by atoms with E-state index in [9.17, 15) is 9.59 Å². The number of nitrogens with zero attached hydrogens (tertiary/aromatic N) is 1. The van der Waals surface area contributed by atoms with Crippen molar-refractivity contribution in [1.29, 1.82) is 0 Å². The van der Waals surface area contributed by atoms with Gasteiger partial charge in [0.25, 0.3) is 11.8 Å². The summed E-state index contributed by atoms with van der Waals surface area (Å²) in [6.07, 6.45) is 0. The van der Waals surface area contributed by atoms with Crippen molar-refractivity contribution in [2.24, 2.45) is 0 Å². The zero-order chi connectivity index (χ0) is 18.5. The molecule has 0 aliphatic carbocycles. The largest absolute Gasteiger partial charge is 0.484 e. The van der Waals surface area contributed by atoms with Crippen molar-refractivity contribution in [2.75, 3.05) is 26.0 Å². The Bertz CT molecular complexity index is 951. The Morgan fingerprint density at radius 3 is 2.46 bits per heavy atom. The van der Waals surface area contributed by atoms with Gasteiger partial charge < -0.3 is 15.0 Å². The van der Waals surface area contributed by atoms with Crippen LogP contribution in [0.1, 0.15) is 10.4 Å². The summed E-state index contributed by atoms with van der Waals surface area (Å²) in [6, 6.07) is 20.5. The van der Waals surface area contributed by atoms with Crippen LogP contribution in [-0.4, -0.2) is 37.4 Å². The molecule has 0 heterocycles. The van der Waals surface area contributed by atoms with E-state index in [1.54, 1.807) is 38.4 Å². The summed E-state index contributed by atoms with van der Waals surface area (Å²) in [5.41, 5.74) is 1.08. The molecule has 132 valence electrons. The third-order valence-corrected chi connectivity index (χ3v) is 3.89. The van der Waals surface area contributed by atoms with Crippen LogP contribution in [-0.2, 0) is 4.79 Å². The number of benzene rings is 3. The van der Waals surface area contributed by atoms with Gasteiger partial charge in [-0.15, -0.1) is 0 Å². The fourth-order valence-electron chi connectivity index (χ4n) is 2.59. The lowest BCUT2D eigenvalue weighted by Crippen LogP contribution is -2.23. The average Bonchev–Trinajstić information content (AvgIpc) is 2.65. The molecule has 3 aromatic carbocycles. The molecule has 26 heavy (non-hydrogen) atoms. The van der Waals surface area contributed by atoms with Crippen LogP contribution >= 0.6 is 0 Å². The molecule has 0 aromatic heterocycles. The van der Waals surface area contributed by atoms with Crippen LogP contribution in [0.5, 0.6) is 5.75 Å². The van der Waals surface area contributed by atoms with E-state index in [2.05, 4.69) is 5.32 Å². The van der Waals surface area contributed by atoms with Gasteiger partial charge in [-0.3, -0.25) is 9.59 Å². The normalized spacial score (nSPS) is 10.4. The fourth-order valence-corrected chi connectivity index (χ4v) is 2.59. The van der Waals surface area contributed by atoms with Crippen LogP contribution in [0.2, 0.25) is 0 Å². The third kappa shape index (κ3) is 4.19. The van der Waals surface area contributed by atoms with Crippen molar-refractivity contribution in [1.82, 2.24) is 4.90 Å². The Morgan fingerprint density at radius 1 is 0.923 bits per heavy atom. The third-order valence-electron chi connectivity index (χ3n) is 3.89. The maximum atomic E-state index is 12.1. The predicted molar refractivity (Wildman–Crippen MR) is 103 cm³/mol. The Hall–Kier alpha value is -3.34. The second-order valence-corrected chi connectivity index (χ2v) is 6.13. The van der Waals surface area contributed by atoms with Gasteiger partial charge in [0.2, 0.25) is 0 Å². The minimum absolute atomic E-state index is 0.107. The highest BCUT2D eigenvalue weighted by Gasteiger charge is 2.10. The number of fused-ring (bicyclic) bond motifs is 1. The zero-order valence-corrected chi connectivity index (χ0v) is 14.7. The second-order valence-electron chi connectivity index (χ2n) is 6.13. The Kier molecular flexibility index (Phi) is 5.17. The molecule has 0 aliphatic rings. The van der Waals surface area contributed by atoms with Gasteiger partial charge in [0.1, 0.15) is 5.75 Å². The number of ether oxygens (including phenoxy) is 1. The lowest BCUT2D eigenvalue weighted by atomic mass is 10.1. The second kappa shape index (κ2) is 7.70. The zero-order valence-electron chi connectivity index (χ0n) is 14.7. The van der Waals surface area contributed by atoms with Crippen molar-refractivity contribution in [3.05, 3.63) is 72.3 Å². The number of amides is 2. The van der Waals surface area contributed by atoms with Crippen LogP contribution < -0.4 is 10.1 Å². The van der Waals surface area contributed by atoms with Crippen molar-refractivity contribution < 1.29 is 14.3 Å². The molecule has 2 amide bonds. The van der Waals surface area contributed by atoms with Gasteiger partial charge in [0.05, 0.1) is 0 Å². The minimum atomic E-state index is -0.285. The van der Waals surface area contributed by atoms with Crippen LogP contribution in [0.15, 0.2) is 66.7 Å². The maximum Gasteiger partial charge on any atom is 0.262 e. The van der Waals surface area contributed by atoms with Crippen molar-refractivity contribution in [2.45, 2.75) is 0 Å². The van der Waals surface area contributed by atoms with E-state index in [-0.39, 0.29) is 18.4 Å². The number of nitrogens with one attached hydrogen (secondary N) is 1. The van der Waals surface area contributed by atoms with E-state index in [1.165, 1.54) is 4.90 Å².